The first-order chi connectivity index (χ1) is 12.2. The molecule has 0 bridgehead atoms. The Morgan fingerprint density at radius 3 is 2.36 bits per heavy atom. The summed E-state index contributed by atoms with van der Waals surface area (Å²) >= 11 is 0. The second-order valence-corrected chi connectivity index (χ2v) is 6.14. The summed E-state index contributed by atoms with van der Waals surface area (Å²) in [5.41, 5.74) is 3.62. The zero-order chi connectivity index (χ0) is 17.5. The molecule has 0 aliphatic rings. The molecule has 0 amide bonds. The van der Waals surface area contributed by atoms with E-state index in [2.05, 4.69) is 63.9 Å². The highest BCUT2D eigenvalue weighted by atomic mass is 15.1. The van der Waals surface area contributed by atoms with Crippen molar-refractivity contribution >= 4 is 17.3 Å². The van der Waals surface area contributed by atoms with Crippen LogP contribution in [0.5, 0.6) is 0 Å². The van der Waals surface area contributed by atoms with Gasteiger partial charge in [-0.15, -0.1) is 0 Å². The maximum absolute atomic E-state index is 4.48. The zero-order valence-corrected chi connectivity index (χ0v) is 14.8. The topological polar surface area (TPSA) is 49.8 Å². The molecular formula is C21H24N4. The molecule has 3 rings (SSSR count). The first kappa shape index (κ1) is 17.0. The number of hydrogen-bond acceptors (Lipinski definition) is 4. The van der Waals surface area contributed by atoms with Gasteiger partial charge in [0, 0.05) is 18.3 Å². The maximum atomic E-state index is 4.48. The molecule has 1 heterocycles. The summed E-state index contributed by atoms with van der Waals surface area (Å²) < 4.78 is 0. The Morgan fingerprint density at radius 1 is 0.840 bits per heavy atom. The third kappa shape index (κ3) is 5.05. The van der Waals surface area contributed by atoms with E-state index in [0.717, 1.165) is 42.5 Å². The molecule has 3 aromatic rings. The molecule has 0 unspecified atom stereocenters. The molecule has 4 nitrogen and oxygen atoms in total. The van der Waals surface area contributed by atoms with Gasteiger partial charge in [0.25, 0.3) is 0 Å². The minimum atomic E-state index is 0.754. The number of nitrogens with one attached hydrogen (secondary N) is 2. The molecule has 0 saturated carbocycles. The normalized spacial score (nSPS) is 10.5. The Balaban J connectivity index is 1.59. The molecule has 25 heavy (non-hydrogen) atoms. The van der Waals surface area contributed by atoms with E-state index < -0.39 is 0 Å². The van der Waals surface area contributed by atoms with Crippen molar-refractivity contribution < 1.29 is 0 Å². The molecule has 2 N–H and O–H groups in total. The summed E-state index contributed by atoms with van der Waals surface area (Å²) in [6, 6.07) is 20.7. The number of rotatable bonds is 7. The van der Waals surface area contributed by atoms with E-state index in [1.807, 2.05) is 31.2 Å². The van der Waals surface area contributed by atoms with Gasteiger partial charge in [-0.2, -0.15) is 0 Å². The standard InChI is InChI=1S/C21H24N4/c1-16-9-6-7-13-19(16)25-21-15-20(23-17(2)24-21)22-14-8-12-18-10-4-3-5-11-18/h3-7,9-11,13,15H,8,12,14H2,1-2H3,(H2,22,23,24,25). The van der Waals surface area contributed by atoms with Crippen LogP contribution in [0.1, 0.15) is 23.4 Å². The van der Waals surface area contributed by atoms with Gasteiger partial charge in [0.15, 0.2) is 0 Å². The van der Waals surface area contributed by atoms with Crippen molar-refractivity contribution in [1.29, 1.82) is 0 Å². The van der Waals surface area contributed by atoms with Crippen LogP contribution < -0.4 is 10.6 Å². The van der Waals surface area contributed by atoms with Crippen LogP contribution in [0.25, 0.3) is 0 Å². The lowest BCUT2D eigenvalue weighted by molar-refractivity contribution is 0.856. The number of aryl methyl sites for hydroxylation is 3. The van der Waals surface area contributed by atoms with Gasteiger partial charge in [-0.05, 0) is 43.9 Å². The van der Waals surface area contributed by atoms with Crippen LogP contribution in [0, 0.1) is 13.8 Å². The van der Waals surface area contributed by atoms with Gasteiger partial charge >= 0.3 is 0 Å². The largest absolute Gasteiger partial charge is 0.370 e. The number of para-hydroxylation sites is 1. The highest BCUT2D eigenvalue weighted by molar-refractivity contribution is 5.62. The average molecular weight is 332 g/mol. The summed E-state index contributed by atoms with van der Waals surface area (Å²) in [6.45, 7) is 4.88. The number of aromatic nitrogens is 2. The lowest BCUT2D eigenvalue weighted by Crippen LogP contribution is -2.07. The summed E-state index contributed by atoms with van der Waals surface area (Å²) in [7, 11) is 0. The van der Waals surface area contributed by atoms with E-state index in [4.69, 9.17) is 0 Å². The summed E-state index contributed by atoms with van der Waals surface area (Å²) in [6.07, 6.45) is 2.12. The Bertz CT molecular complexity index is 815. The van der Waals surface area contributed by atoms with Crippen molar-refractivity contribution in [1.82, 2.24) is 9.97 Å². The van der Waals surface area contributed by atoms with E-state index in [9.17, 15) is 0 Å². The van der Waals surface area contributed by atoms with E-state index >= 15 is 0 Å². The first-order valence-electron chi connectivity index (χ1n) is 8.67. The van der Waals surface area contributed by atoms with Gasteiger partial charge in [0.05, 0.1) is 0 Å². The Labute approximate surface area is 149 Å². The SMILES string of the molecule is Cc1nc(NCCCc2ccccc2)cc(Nc2ccccc2C)n1. The average Bonchev–Trinajstić information content (AvgIpc) is 2.61. The van der Waals surface area contributed by atoms with Crippen LogP contribution >= 0.6 is 0 Å². The molecule has 0 fully saturated rings. The molecule has 0 spiro atoms. The molecule has 0 aliphatic heterocycles. The molecule has 1 aromatic heterocycles. The second-order valence-electron chi connectivity index (χ2n) is 6.14. The van der Waals surface area contributed by atoms with Gasteiger partial charge in [0.2, 0.25) is 0 Å². The van der Waals surface area contributed by atoms with Crippen molar-refractivity contribution in [3.05, 3.63) is 77.6 Å². The monoisotopic (exact) mass is 332 g/mol. The van der Waals surface area contributed by atoms with Crippen LogP contribution in [0.3, 0.4) is 0 Å². The van der Waals surface area contributed by atoms with Crippen molar-refractivity contribution in [2.75, 3.05) is 17.2 Å². The molecule has 0 aliphatic carbocycles. The van der Waals surface area contributed by atoms with Crippen LogP contribution in [-0.4, -0.2) is 16.5 Å². The lowest BCUT2D eigenvalue weighted by atomic mass is 10.1. The highest BCUT2D eigenvalue weighted by Gasteiger charge is 2.04. The number of hydrogen-bond donors (Lipinski definition) is 2. The minimum absolute atomic E-state index is 0.754. The van der Waals surface area contributed by atoms with Gasteiger partial charge < -0.3 is 10.6 Å². The Hall–Kier alpha value is -2.88. The van der Waals surface area contributed by atoms with Gasteiger partial charge in [-0.25, -0.2) is 9.97 Å². The van der Waals surface area contributed by atoms with Crippen molar-refractivity contribution in [3.63, 3.8) is 0 Å². The first-order valence-corrected chi connectivity index (χ1v) is 8.67. The summed E-state index contributed by atoms with van der Waals surface area (Å²) in [4.78, 5) is 8.96. The summed E-state index contributed by atoms with van der Waals surface area (Å²) in [5, 5.41) is 6.78. The van der Waals surface area contributed by atoms with Crippen LogP contribution in [0.4, 0.5) is 17.3 Å². The third-order valence-electron chi connectivity index (χ3n) is 4.04. The second kappa shape index (κ2) is 8.29. The zero-order valence-electron chi connectivity index (χ0n) is 14.8. The van der Waals surface area contributed by atoms with E-state index in [0.29, 0.717) is 0 Å². The van der Waals surface area contributed by atoms with Crippen molar-refractivity contribution in [2.24, 2.45) is 0 Å². The lowest BCUT2D eigenvalue weighted by Gasteiger charge is -2.11. The highest BCUT2D eigenvalue weighted by Crippen LogP contribution is 2.20. The smallest absolute Gasteiger partial charge is 0.136 e. The van der Waals surface area contributed by atoms with Gasteiger partial charge in [-0.1, -0.05) is 48.5 Å². The number of anilines is 3. The predicted octanol–water partition coefficient (Wildman–Crippen LogP) is 4.88. The van der Waals surface area contributed by atoms with E-state index in [1.54, 1.807) is 0 Å². The van der Waals surface area contributed by atoms with Gasteiger partial charge in [0.1, 0.15) is 17.5 Å². The number of benzene rings is 2. The van der Waals surface area contributed by atoms with Gasteiger partial charge in [-0.3, -0.25) is 0 Å². The summed E-state index contributed by atoms with van der Waals surface area (Å²) in [5.74, 6) is 2.42. The van der Waals surface area contributed by atoms with E-state index in [-0.39, 0.29) is 0 Å². The molecule has 4 heteroatoms. The van der Waals surface area contributed by atoms with Crippen molar-refractivity contribution in [2.45, 2.75) is 26.7 Å². The maximum Gasteiger partial charge on any atom is 0.136 e. The predicted molar refractivity (Wildman–Crippen MR) is 104 cm³/mol. The Morgan fingerprint density at radius 2 is 1.56 bits per heavy atom. The molecule has 0 saturated heterocycles. The number of nitrogens with zero attached hydrogens (tertiary/aromatic N) is 2. The van der Waals surface area contributed by atoms with Crippen LogP contribution in [-0.2, 0) is 6.42 Å². The van der Waals surface area contributed by atoms with E-state index in [1.165, 1.54) is 11.1 Å². The van der Waals surface area contributed by atoms with Crippen molar-refractivity contribution in [3.8, 4) is 0 Å². The fourth-order valence-corrected chi connectivity index (χ4v) is 2.73. The molecular weight excluding hydrogens is 308 g/mol. The minimum Gasteiger partial charge on any atom is -0.370 e. The van der Waals surface area contributed by atoms with Crippen LogP contribution in [0.2, 0.25) is 0 Å². The Kier molecular flexibility index (Phi) is 5.62. The molecule has 2 aromatic carbocycles. The molecule has 128 valence electrons. The molecule has 0 atom stereocenters. The molecule has 0 radical (unpaired) electrons. The fraction of sp³-hybridized carbons (Fsp3) is 0.238. The van der Waals surface area contributed by atoms with Crippen LogP contribution in [0.15, 0.2) is 60.7 Å². The third-order valence-corrected chi connectivity index (χ3v) is 4.04. The quantitative estimate of drug-likeness (QED) is 0.605. The fourth-order valence-electron chi connectivity index (χ4n) is 2.73.